The van der Waals surface area contributed by atoms with Gasteiger partial charge >= 0.3 is 0 Å². The summed E-state index contributed by atoms with van der Waals surface area (Å²) in [4.78, 5) is 4.29. The molecule has 1 heterocycles. The summed E-state index contributed by atoms with van der Waals surface area (Å²) in [7, 11) is 0. The van der Waals surface area contributed by atoms with Crippen molar-refractivity contribution >= 4 is 39.1 Å². The molecule has 18 heavy (non-hydrogen) atoms. The first-order chi connectivity index (χ1) is 8.58. The third-order valence-corrected chi connectivity index (χ3v) is 3.72. The van der Waals surface area contributed by atoms with Gasteiger partial charge in [-0.3, -0.25) is 4.98 Å². The Morgan fingerprint density at radius 2 is 1.83 bits per heavy atom. The standard InChI is InChI=1S/C13H11BrCl2N2/c14-8-4-5-9(18-7-8)6-12(17)13-10(15)2-1-3-11(13)16/h1-5,7,12H,6,17H2. The van der Waals surface area contributed by atoms with Crippen molar-refractivity contribution in [2.24, 2.45) is 5.73 Å². The van der Waals surface area contributed by atoms with Crippen LogP contribution < -0.4 is 5.73 Å². The van der Waals surface area contributed by atoms with Crippen molar-refractivity contribution in [2.45, 2.75) is 12.5 Å². The van der Waals surface area contributed by atoms with Crippen molar-refractivity contribution in [3.8, 4) is 0 Å². The largest absolute Gasteiger partial charge is 0.324 e. The first-order valence-electron chi connectivity index (χ1n) is 5.38. The van der Waals surface area contributed by atoms with Crippen molar-refractivity contribution in [3.63, 3.8) is 0 Å². The Balaban J connectivity index is 2.22. The van der Waals surface area contributed by atoms with Crippen molar-refractivity contribution in [2.75, 3.05) is 0 Å². The monoisotopic (exact) mass is 344 g/mol. The lowest BCUT2D eigenvalue weighted by Gasteiger charge is -2.15. The molecule has 0 saturated heterocycles. The Morgan fingerprint density at radius 1 is 1.17 bits per heavy atom. The molecule has 0 aliphatic rings. The molecule has 2 rings (SSSR count). The predicted octanol–water partition coefficient (Wildman–Crippen LogP) is 4.39. The van der Waals surface area contributed by atoms with Crippen LogP contribution in [0.3, 0.4) is 0 Å². The maximum Gasteiger partial charge on any atom is 0.0468 e. The van der Waals surface area contributed by atoms with Crippen LogP contribution in [0.25, 0.3) is 0 Å². The topological polar surface area (TPSA) is 38.9 Å². The van der Waals surface area contributed by atoms with Crippen LogP contribution >= 0.6 is 39.1 Å². The highest BCUT2D eigenvalue weighted by molar-refractivity contribution is 9.10. The van der Waals surface area contributed by atoms with Gasteiger partial charge in [0.15, 0.2) is 0 Å². The Bertz CT molecular complexity index is 523. The van der Waals surface area contributed by atoms with Gasteiger partial charge < -0.3 is 5.73 Å². The average Bonchev–Trinajstić information content (AvgIpc) is 2.32. The molecule has 1 aromatic heterocycles. The van der Waals surface area contributed by atoms with Crippen LogP contribution in [-0.2, 0) is 6.42 Å². The summed E-state index contributed by atoms with van der Waals surface area (Å²) in [5.41, 5.74) is 7.82. The molecule has 0 spiro atoms. The van der Waals surface area contributed by atoms with Gasteiger partial charge in [-0.25, -0.2) is 0 Å². The van der Waals surface area contributed by atoms with Crippen LogP contribution in [0.1, 0.15) is 17.3 Å². The van der Waals surface area contributed by atoms with Crippen LogP contribution in [0.15, 0.2) is 41.0 Å². The number of halogens is 3. The van der Waals surface area contributed by atoms with E-state index in [4.69, 9.17) is 28.9 Å². The maximum absolute atomic E-state index is 6.15. The highest BCUT2D eigenvalue weighted by Crippen LogP contribution is 2.30. The van der Waals surface area contributed by atoms with E-state index >= 15 is 0 Å². The quantitative estimate of drug-likeness (QED) is 0.895. The van der Waals surface area contributed by atoms with Gasteiger partial charge in [-0.15, -0.1) is 0 Å². The van der Waals surface area contributed by atoms with Crippen LogP contribution in [-0.4, -0.2) is 4.98 Å². The van der Waals surface area contributed by atoms with Gasteiger partial charge in [0.2, 0.25) is 0 Å². The van der Waals surface area contributed by atoms with E-state index in [2.05, 4.69) is 20.9 Å². The van der Waals surface area contributed by atoms with Gasteiger partial charge in [-0.1, -0.05) is 29.3 Å². The first-order valence-corrected chi connectivity index (χ1v) is 6.92. The summed E-state index contributed by atoms with van der Waals surface area (Å²) in [6, 6.07) is 8.98. The molecule has 0 fully saturated rings. The summed E-state index contributed by atoms with van der Waals surface area (Å²) in [5.74, 6) is 0. The summed E-state index contributed by atoms with van der Waals surface area (Å²) < 4.78 is 0.940. The zero-order chi connectivity index (χ0) is 13.1. The number of hydrogen-bond donors (Lipinski definition) is 1. The normalized spacial score (nSPS) is 12.4. The van der Waals surface area contributed by atoms with Gasteiger partial charge in [0.1, 0.15) is 0 Å². The third kappa shape index (κ3) is 3.23. The minimum absolute atomic E-state index is 0.264. The lowest BCUT2D eigenvalue weighted by Crippen LogP contribution is -2.15. The molecule has 0 aliphatic heterocycles. The molecule has 1 unspecified atom stereocenters. The summed E-state index contributed by atoms with van der Waals surface area (Å²) in [6.07, 6.45) is 2.34. The SMILES string of the molecule is NC(Cc1ccc(Br)cn1)c1c(Cl)cccc1Cl. The van der Waals surface area contributed by atoms with E-state index in [1.165, 1.54) is 0 Å². The first kappa shape index (κ1) is 13.8. The number of pyridine rings is 1. The molecule has 94 valence electrons. The highest BCUT2D eigenvalue weighted by atomic mass is 79.9. The molecule has 0 amide bonds. The van der Waals surface area contributed by atoms with Gasteiger partial charge in [-0.2, -0.15) is 0 Å². The van der Waals surface area contributed by atoms with Crippen molar-refractivity contribution in [3.05, 3.63) is 62.3 Å². The Morgan fingerprint density at radius 3 is 2.39 bits per heavy atom. The fraction of sp³-hybridized carbons (Fsp3) is 0.154. The number of nitrogens with zero attached hydrogens (tertiary/aromatic N) is 1. The van der Waals surface area contributed by atoms with Crippen LogP contribution in [0.4, 0.5) is 0 Å². The van der Waals surface area contributed by atoms with Crippen LogP contribution in [0.2, 0.25) is 10.0 Å². The minimum atomic E-state index is -0.264. The fourth-order valence-electron chi connectivity index (χ4n) is 1.72. The zero-order valence-electron chi connectivity index (χ0n) is 9.41. The van der Waals surface area contributed by atoms with Crippen molar-refractivity contribution in [1.82, 2.24) is 4.98 Å². The summed E-state index contributed by atoms with van der Waals surface area (Å²) in [5, 5.41) is 1.18. The van der Waals surface area contributed by atoms with Crippen LogP contribution in [0, 0.1) is 0 Å². The molecule has 1 aromatic carbocycles. The second kappa shape index (κ2) is 6.02. The number of benzene rings is 1. The molecule has 2 aromatic rings. The van der Waals surface area contributed by atoms with Gasteiger partial charge in [0, 0.05) is 44.4 Å². The van der Waals surface area contributed by atoms with E-state index < -0.39 is 0 Å². The number of rotatable bonds is 3. The number of hydrogen-bond acceptors (Lipinski definition) is 2. The lowest BCUT2D eigenvalue weighted by molar-refractivity contribution is 0.707. The predicted molar refractivity (Wildman–Crippen MR) is 79.0 cm³/mol. The van der Waals surface area contributed by atoms with E-state index in [0.717, 1.165) is 15.7 Å². The summed E-state index contributed by atoms with van der Waals surface area (Å²) >= 11 is 15.6. The molecule has 0 saturated carbocycles. The zero-order valence-corrected chi connectivity index (χ0v) is 12.5. The molecule has 1 atom stereocenters. The smallest absolute Gasteiger partial charge is 0.0468 e. The van der Waals surface area contributed by atoms with Gasteiger partial charge in [-0.05, 0) is 40.2 Å². The van der Waals surface area contributed by atoms with E-state index in [0.29, 0.717) is 16.5 Å². The fourth-order valence-corrected chi connectivity index (χ4v) is 2.63. The van der Waals surface area contributed by atoms with E-state index in [1.807, 2.05) is 12.1 Å². The van der Waals surface area contributed by atoms with Crippen molar-refractivity contribution < 1.29 is 0 Å². The Labute approximate surface area is 124 Å². The third-order valence-electron chi connectivity index (χ3n) is 2.59. The number of aromatic nitrogens is 1. The molecule has 2 nitrogen and oxygen atoms in total. The summed E-state index contributed by atoms with van der Waals surface area (Å²) in [6.45, 7) is 0. The van der Waals surface area contributed by atoms with Gasteiger partial charge in [0.25, 0.3) is 0 Å². The second-order valence-electron chi connectivity index (χ2n) is 3.91. The molecule has 0 radical (unpaired) electrons. The Kier molecular flexibility index (Phi) is 4.62. The lowest BCUT2D eigenvalue weighted by atomic mass is 10.0. The van der Waals surface area contributed by atoms with Gasteiger partial charge in [0.05, 0.1) is 0 Å². The van der Waals surface area contributed by atoms with E-state index in [9.17, 15) is 0 Å². The molecule has 0 aliphatic carbocycles. The van der Waals surface area contributed by atoms with E-state index in [1.54, 1.807) is 24.4 Å². The minimum Gasteiger partial charge on any atom is -0.324 e. The van der Waals surface area contributed by atoms with Crippen molar-refractivity contribution in [1.29, 1.82) is 0 Å². The molecule has 0 bridgehead atoms. The second-order valence-corrected chi connectivity index (χ2v) is 5.64. The van der Waals surface area contributed by atoms with Crippen LogP contribution in [0.5, 0.6) is 0 Å². The average molecular weight is 346 g/mol. The number of nitrogens with two attached hydrogens (primary N) is 1. The molecule has 5 heteroatoms. The Hall–Kier alpha value is -0.610. The maximum atomic E-state index is 6.15. The molecule has 2 N–H and O–H groups in total. The van der Waals surface area contributed by atoms with E-state index in [-0.39, 0.29) is 6.04 Å². The molecular formula is C13H11BrCl2N2. The highest BCUT2D eigenvalue weighted by Gasteiger charge is 2.15. The molecular weight excluding hydrogens is 335 g/mol.